The highest BCUT2D eigenvalue weighted by Crippen LogP contribution is 2.21. The smallest absolute Gasteiger partial charge is 0.337 e. The molecule has 18 heavy (non-hydrogen) atoms. The van der Waals surface area contributed by atoms with Gasteiger partial charge in [-0.15, -0.1) is 0 Å². The fourth-order valence-electron chi connectivity index (χ4n) is 1.62. The second-order valence-corrected chi connectivity index (χ2v) is 3.78. The molecule has 0 fully saturated rings. The van der Waals surface area contributed by atoms with Gasteiger partial charge in [-0.1, -0.05) is 0 Å². The molecule has 0 radical (unpaired) electrons. The Kier molecular flexibility index (Phi) is 5.41. The fraction of sp³-hybridized carbons (Fsp3) is 0.417. The van der Waals surface area contributed by atoms with Gasteiger partial charge in [-0.25, -0.2) is 4.79 Å². The third kappa shape index (κ3) is 3.61. The monoisotopic (exact) mass is 254 g/mol. The van der Waals surface area contributed by atoms with Crippen molar-refractivity contribution in [1.29, 1.82) is 0 Å². The van der Waals surface area contributed by atoms with Gasteiger partial charge in [0.1, 0.15) is 0 Å². The first-order chi connectivity index (χ1) is 8.60. The number of rotatable bonds is 7. The van der Waals surface area contributed by atoms with Crippen molar-refractivity contribution in [3.8, 4) is 0 Å². The van der Waals surface area contributed by atoms with E-state index in [1.165, 1.54) is 6.07 Å². The Morgan fingerprint density at radius 2 is 2.17 bits per heavy atom. The van der Waals surface area contributed by atoms with Gasteiger partial charge in [-0.05, 0) is 18.2 Å². The summed E-state index contributed by atoms with van der Waals surface area (Å²) in [7, 11) is 1.59. The van der Waals surface area contributed by atoms with Crippen LogP contribution in [0.15, 0.2) is 18.2 Å². The van der Waals surface area contributed by atoms with Crippen molar-refractivity contribution in [2.75, 3.05) is 44.0 Å². The summed E-state index contributed by atoms with van der Waals surface area (Å²) in [6.45, 7) is 1.45. The van der Waals surface area contributed by atoms with Crippen LogP contribution >= 0.6 is 0 Å². The van der Waals surface area contributed by atoms with Gasteiger partial charge in [-0.3, -0.25) is 0 Å². The number of nitrogens with zero attached hydrogens (tertiary/aromatic N) is 1. The highest BCUT2D eigenvalue weighted by atomic mass is 16.5. The van der Waals surface area contributed by atoms with Gasteiger partial charge in [-0.2, -0.15) is 0 Å². The first kappa shape index (κ1) is 14.3. The van der Waals surface area contributed by atoms with E-state index in [0.29, 0.717) is 25.4 Å². The highest BCUT2D eigenvalue weighted by molar-refractivity contribution is 5.94. The molecule has 0 saturated carbocycles. The molecular formula is C12H18N2O4. The number of methoxy groups -OCH3 is 1. The van der Waals surface area contributed by atoms with Crippen LogP contribution < -0.4 is 10.6 Å². The van der Waals surface area contributed by atoms with Crippen molar-refractivity contribution in [3.05, 3.63) is 23.8 Å². The zero-order valence-electron chi connectivity index (χ0n) is 10.3. The van der Waals surface area contributed by atoms with Gasteiger partial charge >= 0.3 is 5.97 Å². The summed E-state index contributed by atoms with van der Waals surface area (Å²) in [5.74, 6) is -1.06. The summed E-state index contributed by atoms with van der Waals surface area (Å²) in [6.07, 6.45) is 0. The predicted molar refractivity (Wildman–Crippen MR) is 69.0 cm³/mol. The minimum atomic E-state index is -1.06. The quantitative estimate of drug-likeness (QED) is 0.610. The molecule has 100 valence electrons. The predicted octanol–water partition coefficient (Wildman–Crippen LogP) is 0.412. The number of aliphatic hydroxyl groups excluding tert-OH is 1. The van der Waals surface area contributed by atoms with Crippen molar-refractivity contribution >= 4 is 17.3 Å². The molecule has 0 heterocycles. The van der Waals surface area contributed by atoms with Crippen LogP contribution in [0.4, 0.5) is 11.4 Å². The maximum absolute atomic E-state index is 11.0. The van der Waals surface area contributed by atoms with Crippen LogP contribution in [0.25, 0.3) is 0 Å². The van der Waals surface area contributed by atoms with E-state index in [2.05, 4.69) is 0 Å². The zero-order valence-corrected chi connectivity index (χ0v) is 10.3. The molecule has 1 aromatic carbocycles. The standard InChI is InChI=1S/C12H18N2O4/c1-18-7-5-14(4-6-15)9-2-3-11(13)10(8-9)12(16)17/h2-3,8,15H,4-7,13H2,1H3,(H,16,17). The molecule has 0 saturated heterocycles. The lowest BCUT2D eigenvalue weighted by atomic mass is 10.1. The van der Waals surface area contributed by atoms with Crippen LogP contribution in [0.1, 0.15) is 10.4 Å². The van der Waals surface area contributed by atoms with Crippen LogP contribution in [0.2, 0.25) is 0 Å². The molecule has 0 spiro atoms. The third-order valence-electron chi connectivity index (χ3n) is 2.57. The first-order valence-corrected chi connectivity index (χ1v) is 5.57. The number of aliphatic hydroxyl groups is 1. The number of nitrogen functional groups attached to an aromatic ring is 1. The van der Waals surface area contributed by atoms with Crippen molar-refractivity contribution in [2.24, 2.45) is 0 Å². The maximum atomic E-state index is 11.0. The van der Waals surface area contributed by atoms with E-state index in [9.17, 15) is 4.79 Å². The molecule has 0 aliphatic carbocycles. The summed E-state index contributed by atoms with van der Waals surface area (Å²) >= 11 is 0. The second-order valence-electron chi connectivity index (χ2n) is 3.78. The SMILES string of the molecule is COCCN(CCO)c1ccc(N)c(C(=O)O)c1. The minimum absolute atomic E-state index is 0.0174. The maximum Gasteiger partial charge on any atom is 0.337 e. The number of hydrogen-bond donors (Lipinski definition) is 3. The van der Waals surface area contributed by atoms with Gasteiger partial charge in [0, 0.05) is 31.6 Å². The van der Waals surface area contributed by atoms with E-state index in [-0.39, 0.29) is 17.9 Å². The van der Waals surface area contributed by atoms with Crippen molar-refractivity contribution in [1.82, 2.24) is 0 Å². The third-order valence-corrected chi connectivity index (χ3v) is 2.57. The number of carbonyl (C=O) groups is 1. The van der Waals surface area contributed by atoms with Crippen LogP contribution in [-0.2, 0) is 4.74 Å². The minimum Gasteiger partial charge on any atom is -0.478 e. The van der Waals surface area contributed by atoms with Gasteiger partial charge < -0.3 is 25.6 Å². The van der Waals surface area contributed by atoms with E-state index in [0.717, 1.165) is 0 Å². The molecule has 1 aromatic rings. The van der Waals surface area contributed by atoms with Crippen LogP contribution in [0.3, 0.4) is 0 Å². The van der Waals surface area contributed by atoms with E-state index < -0.39 is 5.97 Å². The Balaban J connectivity index is 2.97. The molecule has 0 aliphatic heterocycles. The second kappa shape index (κ2) is 6.83. The van der Waals surface area contributed by atoms with Crippen molar-refractivity contribution < 1.29 is 19.7 Å². The molecule has 1 rings (SSSR count). The topological polar surface area (TPSA) is 96.0 Å². The Hall–Kier alpha value is -1.79. The Morgan fingerprint density at radius 1 is 1.44 bits per heavy atom. The molecule has 6 nitrogen and oxygen atoms in total. The molecule has 0 unspecified atom stereocenters. The summed E-state index contributed by atoms with van der Waals surface area (Å²) < 4.78 is 4.98. The van der Waals surface area contributed by atoms with Crippen LogP contribution in [0.5, 0.6) is 0 Å². The molecule has 0 amide bonds. The molecule has 0 bridgehead atoms. The lowest BCUT2D eigenvalue weighted by Gasteiger charge is -2.24. The molecule has 0 aromatic heterocycles. The molecular weight excluding hydrogens is 236 g/mol. The number of benzene rings is 1. The van der Waals surface area contributed by atoms with Crippen LogP contribution in [-0.4, -0.2) is 49.6 Å². The number of nitrogens with two attached hydrogens (primary N) is 1. The number of carboxylic acid groups (broad SMARTS) is 1. The zero-order chi connectivity index (χ0) is 13.5. The van der Waals surface area contributed by atoms with Gasteiger partial charge in [0.15, 0.2) is 0 Å². The average Bonchev–Trinajstić information content (AvgIpc) is 2.35. The summed E-state index contributed by atoms with van der Waals surface area (Å²) in [5, 5.41) is 18.0. The Bertz CT molecular complexity index is 409. The molecule has 0 atom stereocenters. The largest absolute Gasteiger partial charge is 0.478 e. The lowest BCUT2D eigenvalue weighted by molar-refractivity contribution is 0.0698. The molecule has 4 N–H and O–H groups in total. The van der Waals surface area contributed by atoms with E-state index in [1.807, 2.05) is 4.90 Å². The van der Waals surface area contributed by atoms with Gasteiger partial charge in [0.05, 0.1) is 18.8 Å². The summed E-state index contributed by atoms with van der Waals surface area (Å²) in [5.41, 5.74) is 6.58. The van der Waals surface area contributed by atoms with Gasteiger partial charge in [0.25, 0.3) is 0 Å². The number of anilines is 2. The molecule has 6 heteroatoms. The number of carboxylic acids is 1. The highest BCUT2D eigenvalue weighted by Gasteiger charge is 2.12. The Morgan fingerprint density at radius 3 is 2.72 bits per heavy atom. The lowest BCUT2D eigenvalue weighted by Crippen LogP contribution is -2.30. The summed E-state index contributed by atoms with van der Waals surface area (Å²) in [4.78, 5) is 12.8. The first-order valence-electron chi connectivity index (χ1n) is 5.57. The van der Waals surface area contributed by atoms with Gasteiger partial charge in [0.2, 0.25) is 0 Å². The molecule has 0 aliphatic rings. The number of aromatic carboxylic acids is 1. The fourth-order valence-corrected chi connectivity index (χ4v) is 1.62. The van der Waals surface area contributed by atoms with Crippen LogP contribution in [0, 0.1) is 0 Å². The Labute approximate surface area is 106 Å². The normalized spacial score (nSPS) is 10.3. The van der Waals surface area contributed by atoms with Crippen molar-refractivity contribution in [2.45, 2.75) is 0 Å². The van der Waals surface area contributed by atoms with E-state index in [4.69, 9.17) is 20.7 Å². The van der Waals surface area contributed by atoms with E-state index >= 15 is 0 Å². The van der Waals surface area contributed by atoms with E-state index in [1.54, 1.807) is 19.2 Å². The number of hydrogen-bond acceptors (Lipinski definition) is 5. The average molecular weight is 254 g/mol. The number of ether oxygens (including phenoxy) is 1. The van der Waals surface area contributed by atoms with Crippen molar-refractivity contribution in [3.63, 3.8) is 0 Å². The summed E-state index contributed by atoms with van der Waals surface area (Å²) in [6, 6.07) is 4.78.